The standard InChI is InChI=1S/C21H26ClFN2O3/c1-5-27-19-10-7-15(11-20(19)28-6-2)13(3)24-14(4)21(26)25-18-9-8-16(23)12-17(18)22/h7-14,24H,5-6H2,1-4H3,(H,25,26)/p+1/t13-,14+/m0/s1. The van der Waals surface area contributed by atoms with Crippen LogP contribution in [0.25, 0.3) is 0 Å². The van der Waals surface area contributed by atoms with Crippen LogP contribution in [0.15, 0.2) is 36.4 Å². The van der Waals surface area contributed by atoms with Gasteiger partial charge in [0.05, 0.1) is 23.9 Å². The Bertz CT molecular complexity index is 816. The third kappa shape index (κ3) is 5.84. The number of hydrogen-bond acceptors (Lipinski definition) is 3. The highest BCUT2D eigenvalue weighted by atomic mass is 35.5. The molecule has 0 aliphatic heterocycles. The number of anilines is 1. The number of halogens is 2. The minimum Gasteiger partial charge on any atom is -0.490 e. The van der Waals surface area contributed by atoms with Gasteiger partial charge in [-0.05, 0) is 64.1 Å². The van der Waals surface area contributed by atoms with Crippen molar-refractivity contribution in [2.45, 2.75) is 39.8 Å². The molecule has 1 amide bonds. The van der Waals surface area contributed by atoms with Crippen LogP contribution in [-0.2, 0) is 4.79 Å². The molecule has 0 saturated heterocycles. The Morgan fingerprint density at radius 2 is 1.79 bits per heavy atom. The molecule has 5 nitrogen and oxygen atoms in total. The summed E-state index contributed by atoms with van der Waals surface area (Å²) in [6.07, 6.45) is 0. The van der Waals surface area contributed by atoms with Crippen molar-refractivity contribution in [1.82, 2.24) is 0 Å². The molecule has 3 N–H and O–H groups in total. The Labute approximate surface area is 170 Å². The van der Waals surface area contributed by atoms with Gasteiger partial charge in [0.1, 0.15) is 11.9 Å². The van der Waals surface area contributed by atoms with Crippen LogP contribution in [0.1, 0.15) is 39.3 Å². The molecule has 2 rings (SSSR count). The number of benzene rings is 2. The molecule has 0 heterocycles. The maximum absolute atomic E-state index is 13.1. The molecule has 0 aromatic heterocycles. The lowest BCUT2D eigenvalue weighted by Gasteiger charge is -2.19. The molecule has 0 spiro atoms. The van der Waals surface area contributed by atoms with Crippen LogP contribution in [0.2, 0.25) is 5.02 Å². The first-order chi connectivity index (χ1) is 13.3. The van der Waals surface area contributed by atoms with Gasteiger partial charge in [-0.1, -0.05) is 11.6 Å². The molecule has 0 radical (unpaired) electrons. The predicted molar refractivity (Wildman–Crippen MR) is 109 cm³/mol. The van der Waals surface area contributed by atoms with Crippen molar-refractivity contribution in [2.75, 3.05) is 18.5 Å². The fraction of sp³-hybridized carbons (Fsp3) is 0.381. The average Bonchev–Trinajstić information content (AvgIpc) is 2.65. The molecule has 0 bridgehead atoms. The van der Waals surface area contributed by atoms with Crippen LogP contribution in [0.5, 0.6) is 11.5 Å². The molecule has 2 aromatic rings. The smallest absolute Gasteiger partial charge is 0.282 e. The molecule has 0 aliphatic carbocycles. The first-order valence-corrected chi connectivity index (χ1v) is 9.73. The van der Waals surface area contributed by atoms with Crippen LogP contribution in [0.3, 0.4) is 0 Å². The van der Waals surface area contributed by atoms with E-state index in [1.54, 1.807) is 6.92 Å². The van der Waals surface area contributed by atoms with E-state index in [4.69, 9.17) is 21.1 Å². The number of nitrogens with one attached hydrogen (secondary N) is 1. The van der Waals surface area contributed by atoms with E-state index in [9.17, 15) is 9.18 Å². The molecule has 2 atom stereocenters. The minimum absolute atomic E-state index is 0.0133. The summed E-state index contributed by atoms with van der Waals surface area (Å²) in [5, 5.41) is 4.85. The van der Waals surface area contributed by atoms with Gasteiger partial charge in [-0.3, -0.25) is 4.79 Å². The molecule has 0 unspecified atom stereocenters. The van der Waals surface area contributed by atoms with E-state index in [2.05, 4.69) is 5.32 Å². The first kappa shape index (κ1) is 22.0. The van der Waals surface area contributed by atoms with Gasteiger partial charge in [0.2, 0.25) is 0 Å². The Hall–Kier alpha value is -2.31. The Balaban J connectivity index is 2.05. The van der Waals surface area contributed by atoms with Crippen molar-refractivity contribution in [3.8, 4) is 11.5 Å². The summed E-state index contributed by atoms with van der Waals surface area (Å²) in [4.78, 5) is 12.5. The molecule has 28 heavy (non-hydrogen) atoms. The van der Waals surface area contributed by atoms with Crippen molar-refractivity contribution in [3.63, 3.8) is 0 Å². The van der Waals surface area contributed by atoms with Gasteiger partial charge in [0.15, 0.2) is 17.5 Å². The highest BCUT2D eigenvalue weighted by Gasteiger charge is 2.22. The lowest BCUT2D eigenvalue weighted by Crippen LogP contribution is -2.91. The van der Waals surface area contributed by atoms with Gasteiger partial charge in [-0.15, -0.1) is 0 Å². The number of rotatable bonds is 9. The number of quaternary nitrogens is 1. The number of carbonyl (C=O) groups is 1. The third-order valence-corrected chi connectivity index (χ3v) is 4.59. The van der Waals surface area contributed by atoms with Crippen LogP contribution in [0.4, 0.5) is 10.1 Å². The maximum atomic E-state index is 13.1. The minimum atomic E-state index is -0.447. The van der Waals surface area contributed by atoms with Gasteiger partial charge >= 0.3 is 0 Å². The van der Waals surface area contributed by atoms with Crippen molar-refractivity contribution < 1.29 is 24.0 Å². The molecule has 7 heteroatoms. The first-order valence-electron chi connectivity index (χ1n) is 9.36. The van der Waals surface area contributed by atoms with E-state index in [0.29, 0.717) is 30.4 Å². The summed E-state index contributed by atoms with van der Waals surface area (Å²) in [6, 6.07) is 9.31. The normalized spacial score (nSPS) is 12.9. The Kier molecular flexibility index (Phi) is 8.08. The van der Waals surface area contributed by atoms with Crippen LogP contribution in [0, 0.1) is 5.82 Å². The van der Waals surface area contributed by atoms with Crippen molar-refractivity contribution in [2.24, 2.45) is 0 Å². The number of carbonyl (C=O) groups excluding carboxylic acids is 1. The molecule has 0 fully saturated rings. The van der Waals surface area contributed by atoms with Gasteiger partial charge in [0.25, 0.3) is 5.91 Å². The number of nitrogens with two attached hydrogens (primary N) is 1. The summed E-state index contributed by atoms with van der Waals surface area (Å²) in [6.45, 7) is 8.77. The van der Waals surface area contributed by atoms with Gasteiger partial charge in [-0.25, -0.2) is 4.39 Å². The lowest BCUT2D eigenvalue weighted by atomic mass is 10.1. The van der Waals surface area contributed by atoms with E-state index in [1.165, 1.54) is 18.2 Å². The zero-order valence-electron chi connectivity index (χ0n) is 16.6. The number of amides is 1. The topological polar surface area (TPSA) is 64.2 Å². The van der Waals surface area contributed by atoms with Gasteiger partial charge in [-0.2, -0.15) is 0 Å². The average molecular weight is 410 g/mol. The predicted octanol–water partition coefficient (Wildman–Crippen LogP) is 3.93. The van der Waals surface area contributed by atoms with E-state index in [-0.39, 0.29) is 23.0 Å². The molecule has 152 valence electrons. The summed E-state index contributed by atoms with van der Waals surface area (Å²) in [5.41, 5.74) is 1.41. The summed E-state index contributed by atoms with van der Waals surface area (Å²) >= 11 is 5.98. The Morgan fingerprint density at radius 1 is 1.11 bits per heavy atom. The third-order valence-electron chi connectivity index (χ3n) is 4.27. The lowest BCUT2D eigenvalue weighted by molar-refractivity contribution is -0.709. The van der Waals surface area contributed by atoms with Crippen molar-refractivity contribution in [3.05, 3.63) is 52.8 Å². The highest BCUT2D eigenvalue weighted by Crippen LogP contribution is 2.30. The molecule has 2 aromatic carbocycles. The highest BCUT2D eigenvalue weighted by molar-refractivity contribution is 6.33. The zero-order valence-corrected chi connectivity index (χ0v) is 17.3. The van der Waals surface area contributed by atoms with Gasteiger partial charge < -0.3 is 20.1 Å². The van der Waals surface area contributed by atoms with Crippen molar-refractivity contribution >= 4 is 23.2 Å². The fourth-order valence-corrected chi connectivity index (χ4v) is 3.03. The Morgan fingerprint density at radius 3 is 2.43 bits per heavy atom. The van der Waals surface area contributed by atoms with E-state index in [1.807, 2.05) is 44.3 Å². The van der Waals surface area contributed by atoms with Gasteiger partial charge in [0, 0.05) is 5.56 Å². The summed E-state index contributed by atoms with van der Waals surface area (Å²) in [5.74, 6) is 0.738. The maximum Gasteiger partial charge on any atom is 0.282 e. The molecular weight excluding hydrogens is 383 g/mol. The number of hydrogen-bond donors (Lipinski definition) is 2. The second-order valence-corrected chi connectivity index (χ2v) is 6.86. The van der Waals surface area contributed by atoms with Crippen LogP contribution >= 0.6 is 11.6 Å². The van der Waals surface area contributed by atoms with Crippen LogP contribution in [-0.4, -0.2) is 25.2 Å². The molecule has 0 saturated carbocycles. The summed E-state index contributed by atoms with van der Waals surface area (Å²) < 4.78 is 24.4. The van der Waals surface area contributed by atoms with Crippen molar-refractivity contribution in [1.29, 1.82) is 0 Å². The number of ether oxygens (including phenoxy) is 2. The molecular formula is C21H27ClFN2O3+. The van der Waals surface area contributed by atoms with E-state index >= 15 is 0 Å². The monoisotopic (exact) mass is 409 g/mol. The second-order valence-electron chi connectivity index (χ2n) is 6.46. The summed E-state index contributed by atoms with van der Waals surface area (Å²) in [7, 11) is 0. The quantitative estimate of drug-likeness (QED) is 0.659. The van der Waals surface area contributed by atoms with E-state index in [0.717, 1.165) is 5.56 Å². The second kappa shape index (κ2) is 10.3. The fourth-order valence-electron chi connectivity index (χ4n) is 2.82. The largest absolute Gasteiger partial charge is 0.490 e. The molecule has 0 aliphatic rings. The van der Waals surface area contributed by atoms with Crippen LogP contribution < -0.4 is 20.1 Å². The van der Waals surface area contributed by atoms with E-state index < -0.39 is 5.82 Å². The SMILES string of the molecule is CCOc1ccc([C@H](C)[NH2+][C@H](C)C(=O)Nc2ccc(F)cc2Cl)cc1OCC. The zero-order chi connectivity index (χ0) is 20.7.